The lowest BCUT2D eigenvalue weighted by molar-refractivity contribution is 0.00543. The summed E-state index contributed by atoms with van der Waals surface area (Å²) in [6.45, 7) is 9.19. The Morgan fingerprint density at radius 2 is 2.00 bits per heavy atom. The molecule has 1 aliphatic rings. The van der Waals surface area contributed by atoms with Crippen LogP contribution in [-0.2, 0) is 17.7 Å². The van der Waals surface area contributed by atoms with Crippen LogP contribution in [0, 0.1) is 5.92 Å². The molecule has 4 heteroatoms. The van der Waals surface area contributed by atoms with Crippen LogP contribution in [0.15, 0.2) is 0 Å². The SMILES string of the molecule is CCNCc1sc(C(OCC)C2CCCCC2)nc1CC. The van der Waals surface area contributed by atoms with Gasteiger partial charge in [0, 0.05) is 18.0 Å². The molecule has 1 heterocycles. The summed E-state index contributed by atoms with van der Waals surface area (Å²) in [4.78, 5) is 6.33. The van der Waals surface area contributed by atoms with Gasteiger partial charge < -0.3 is 10.1 Å². The van der Waals surface area contributed by atoms with Crippen molar-refractivity contribution in [3.8, 4) is 0 Å². The maximum atomic E-state index is 6.11. The summed E-state index contributed by atoms with van der Waals surface area (Å²) >= 11 is 1.87. The fourth-order valence-corrected chi connectivity index (χ4v) is 4.47. The molecule has 120 valence electrons. The van der Waals surface area contributed by atoms with Gasteiger partial charge in [0.25, 0.3) is 0 Å². The highest BCUT2D eigenvalue weighted by molar-refractivity contribution is 7.11. The number of nitrogens with zero attached hydrogens (tertiary/aromatic N) is 1. The Labute approximate surface area is 133 Å². The molecule has 0 spiro atoms. The standard InChI is InChI=1S/C17H30N2OS/c1-4-14-15(12-18-5-2)21-17(19-14)16(20-6-3)13-10-8-7-9-11-13/h13,16,18H,4-12H2,1-3H3. The van der Waals surface area contributed by atoms with Crippen molar-refractivity contribution < 1.29 is 4.74 Å². The Morgan fingerprint density at radius 1 is 1.24 bits per heavy atom. The second kappa shape index (κ2) is 8.86. The van der Waals surface area contributed by atoms with Gasteiger partial charge in [-0.15, -0.1) is 11.3 Å². The third-order valence-electron chi connectivity index (χ3n) is 4.33. The zero-order valence-corrected chi connectivity index (χ0v) is 14.6. The fourth-order valence-electron chi connectivity index (χ4n) is 3.20. The van der Waals surface area contributed by atoms with E-state index in [4.69, 9.17) is 9.72 Å². The van der Waals surface area contributed by atoms with Gasteiger partial charge in [0.15, 0.2) is 0 Å². The highest BCUT2D eigenvalue weighted by Crippen LogP contribution is 2.39. The van der Waals surface area contributed by atoms with E-state index in [0.717, 1.165) is 26.1 Å². The first-order valence-corrected chi connectivity index (χ1v) is 9.42. The molecule has 1 atom stereocenters. The average Bonchev–Trinajstić information content (AvgIpc) is 2.94. The Hall–Kier alpha value is -0.450. The smallest absolute Gasteiger partial charge is 0.122 e. The van der Waals surface area contributed by atoms with Crippen LogP contribution in [0.2, 0.25) is 0 Å². The maximum absolute atomic E-state index is 6.11. The molecule has 21 heavy (non-hydrogen) atoms. The molecular weight excluding hydrogens is 280 g/mol. The van der Waals surface area contributed by atoms with E-state index in [0.29, 0.717) is 5.92 Å². The molecule has 1 unspecified atom stereocenters. The zero-order valence-electron chi connectivity index (χ0n) is 13.8. The van der Waals surface area contributed by atoms with Crippen LogP contribution in [0.3, 0.4) is 0 Å². The third kappa shape index (κ3) is 4.51. The van der Waals surface area contributed by atoms with Gasteiger partial charge in [-0.05, 0) is 38.6 Å². The molecule has 1 fully saturated rings. The van der Waals surface area contributed by atoms with Gasteiger partial charge in [-0.1, -0.05) is 33.1 Å². The van der Waals surface area contributed by atoms with E-state index in [2.05, 4.69) is 26.1 Å². The zero-order chi connectivity index (χ0) is 15.1. The second-order valence-electron chi connectivity index (χ2n) is 5.83. The predicted molar refractivity (Wildman–Crippen MR) is 89.8 cm³/mol. The van der Waals surface area contributed by atoms with Crippen molar-refractivity contribution in [2.45, 2.75) is 71.9 Å². The third-order valence-corrected chi connectivity index (χ3v) is 5.49. The molecule has 1 aliphatic carbocycles. The first-order valence-electron chi connectivity index (χ1n) is 8.60. The van der Waals surface area contributed by atoms with Gasteiger partial charge in [-0.3, -0.25) is 0 Å². The molecule has 3 nitrogen and oxygen atoms in total. The Balaban J connectivity index is 2.16. The van der Waals surface area contributed by atoms with Crippen LogP contribution in [0.25, 0.3) is 0 Å². The Kier molecular flexibility index (Phi) is 7.14. The monoisotopic (exact) mass is 310 g/mol. The van der Waals surface area contributed by atoms with Crippen molar-refractivity contribution in [3.05, 3.63) is 15.6 Å². The highest BCUT2D eigenvalue weighted by Gasteiger charge is 2.28. The minimum atomic E-state index is 0.223. The van der Waals surface area contributed by atoms with E-state index >= 15 is 0 Å². The number of aryl methyl sites for hydroxylation is 1. The summed E-state index contributed by atoms with van der Waals surface area (Å²) in [5, 5.41) is 4.65. The van der Waals surface area contributed by atoms with Gasteiger partial charge >= 0.3 is 0 Å². The highest BCUT2D eigenvalue weighted by atomic mass is 32.1. The molecular formula is C17H30N2OS. The van der Waals surface area contributed by atoms with Crippen molar-refractivity contribution >= 4 is 11.3 Å². The van der Waals surface area contributed by atoms with E-state index in [1.165, 1.54) is 47.7 Å². The van der Waals surface area contributed by atoms with Crippen molar-refractivity contribution in [2.24, 2.45) is 5.92 Å². The van der Waals surface area contributed by atoms with Crippen molar-refractivity contribution in [1.29, 1.82) is 0 Å². The van der Waals surface area contributed by atoms with Crippen molar-refractivity contribution in [3.63, 3.8) is 0 Å². The molecule has 0 saturated heterocycles. The van der Waals surface area contributed by atoms with Crippen LogP contribution >= 0.6 is 11.3 Å². The minimum Gasteiger partial charge on any atom is -0.371 e. The summed E-state index contributed by atoms with van der Waals surface area (Å²) in [5.41, 5.74) is 1.26. The molecule has 1 N–H and O–H groups in total. The largest absolute Gasteiger partial charge is 0.371 e. The summed E-state index contributed by atoms with van der Waals surface area (Å²) < 4.78 is 6.11. The van der Waals surface area contributed by atoms with Crippen LogP contribution < -0.4 is 5.32 Å². The summed E-state index contributed by atoms with van der Waals surface area (Å²) in [6.07, 6.45) is 7.93. The second-order valence-corrected chi connectivity index (χ2v) is 6.95. The Bertz CT molecular complexity index is 413. The van der Waals surface area contributed by atoms with Gasteiger partial charge in [0.1, 0.15) is 11.1 Å². The number of hydrogen-bond acceptors (Lipinski definition) is 4. The minimum absolute atomic E-state index is 0.223. The quantitative estimate of drug-likeness (QED) is 0.769. The number of thiazole rings is 1. The molecule has 0 amide bonds. The van der Waals surface area contributed by atoms with E-state index in [-0.39, 0.29) is 6.10 Å². The summed E-state index contributed by atoms with van der Waals surface area (Å²) in [6, 6.07) is 0. The first-order chi connectivity index (χ1) is 10.3. The summed E-state index contributed by atoms with van der Waals surface area (Å²) in [7, 11) is 0. The van der Waals surface area contributed by atoms with Crippen LogP contribution in [0.5, 0.6) is 0 Å². The first kappa shape index (κ1) is 16.9. The van der Waals surface area contributed by atoms with Crippen molar-refractivity contribution in [1.82, 2.24) is 10.3 Å². The van der Waals surface area contributed by atoms with Crippen molar-refractivity contribution in [2.75, 3.05) is 13.2 Å². The maximum Gasteiger partial charge on any atom is 0.122 e. The average molecular weight is 311 g/mol. The number of aromatic nitrogens is 1. The number of rotatable bonds is 8. The lowest BCUT2D eigenvalue weighted by Crippen LogP contribution is -2.19. The number of ether oxygens (including phenoxy) is 1. The summed E-state index contributed by atoms with van der Waals surface area (Å²) in [5.74, 6) is 0.668. The van der Waals surface area contributed by atoms with Gasteiger partial charge in [0.2, 0.25) is 0 Å². The Morgan fingerprint density at radius 3 is 2.62 bits per heavy atom. The number of nitrogens with one attached hydrogen (secondary N) is 1. The molecule has 1 saturated carbocycles. The van der Waals surface area contributed by atoms with Gasteiger partial charge in [0.05, 0.1) is 5.69 Å². The predicted octanol–water partition coefficient (Wildman–Crippen LogP) is 4.47. The molecule has 0 bridgehead atoms. The molecule has 1 aromatic rings. The number of hydrogen-bond donors (Lipinski definition) is 1. The fraction of sp³-hybridized carbons (Fsp3) is 0.824. The lowest BCUT2D eigenvalue weighted by Gasteiger charge is -2.28. The van der Waals surface area contributed by atoms with E-state index in [1.807, 2.05) is 11.3 Å². The normalized spacial score (nSPS) is 18.0. The lowest BCUT2D eigenvalue weighted by atomic mass is 9.85. The van der Waals surface area contributed by atoms with E-state index in [1.54, 1.807) is 0 Å². The van der Waals surface area contributed by atoms with Gasteiger partial charge in [-0.2, -0.15) is 0 Å². The molecule has 1 aromatic heterocycles. The van der Waals surface area contributed by atoms with E-state index in [9.17, 15) is 0 Å². The van der Waals surface area contributed by atoms with Crippen LogP contribution in [-0.4, -0.2) is 18.1 Å². The molecule has 0 aromatic carbocycles. The van der Waals surface area contributed by atoms with E-state index < -0.39 is 0 Å². The molecule has 2 rings (SSSR count). The van der Waals surface area contributed by atoms with Crippen LogP contribution in [0.4, 0.5) is 0 Å². The molecule has 0 aliphatic heterocycles. The topological polar surface area (TPSA) is 34.1 Å². The van der Waals surface area contributed by atoms with Gasteiger partial charge in [-0.25, -0.2) is 4.98 Å². The molecule has 0 radical (unpaired) electrons. The van der Waals surface area contributed by atoms with Crippen LogP contribution in [0.1, 0.15) is 74.6 Å².